The van der Waals surface area contributed by atoms with Crippen LogP contribution in [0.4, 0.5) is 5.69 Å². The number of hydrogen-bond acceptors (Lipinski definition) is 4. The van der Waals surface area contributed by atoms with E-state index >= 15 is 0 Å². The smallest absolute Gasteiger partial charge is 0.258 e. The average Bonchev–Trinajstić information content (AvgIpc) is 2.39. The molecule has 0 heterocycles. The highest BCUT2D eigenvalue weighted by Crippen LogP contribution is 2.17. The van der Waals surface area contributed by atoms with Gasteiger partial charge in [-0.25, -0.2) is 8.42 Å². The third-order valence-electron chi connectivity index (χ3n) is 2.74. The molecule has 0 amide bonds. The van der Waals surface area contributed by atoms with E-state index in [1.165, 1.54) is 18.2 Å². The number of rotatable bonds is 5. The van der Waals surface area contributed by atoms with Crippen LogP contribution in [0.3, 0.4) is 0 Å². The first-order chi connectivity index (χ1) is 9.46. The Labute approximate surface area is 116 Å². The van der Waals surface area contributed by atoms with Gasteiger partial charge in [-0.05, 0) is 11.1 Å². The van der Waals surface area contributed by atoms with Crippen molar-refractivity contribution in [3.8, 4) is 0 Å². The van der Waals surface area contributed by atoms with Gasteiger partial charge in [0.1, 0.15) is 0 Å². The second-order valence-electron chi connectivity index (χ2n) is 4.44. The van der Waals surface area contributed by atoms with Gasteiger partial charge >= 0.3 is 0 Å². The van der Waals surface area contributed by atoms with Crippen LogP contribution in [-0.2, 0) is 21.3 Å². The third-order valence-corrected chi connectivity index (χ3v) is 4.28. The van der Waals surface area contributed by atoms with Crippen LogP contribution in [0.5, 0.6) is 0 Å². The highest BCUT2D eigenvalue weighted by molar-refractivity contribution is 7.89. The lowest BCUT2D eigenvalue weighted by molar-refractivity contribution is -0.384. The lowest BCUT2D eigenvalue weighted by Crippen LogP contribution is -2.07. The number of nitro groups is 1. The summed E-state index contributed by atoms with van der Waals surface area (Å²) < 4.78 is 24.2. The Morgan fingerprint density at radius 2 is 1.50 bits per heavy atom. The van der Waals surface area contributed by atoms with Gasteiger partial charge < -0.3 is 0 Å². The van der Waals surface area contributed by atoms with Gasteiger partial charge in [0.15, 0.2) is 9.84 Å². The van der Waals surface area contributed by atoms with Crippen LogP contribution in [0.2, 0.25) is 0 Å². The first kappa shape index (κ1) is 14.2. The Morgan fingerprint density at radius 3 is 2.15 bits per heavy atom. The van der Waals surface area contributed by atoms with E-state index in [-0.39, 0.29) is 17.2 Å². The summed E-state index contributed by atoms with van der Waals surface area (Å²) in [5.74, 6) is -0.278. The summed E-state index contributed by atoms with van der Waals surface area (Å²) >= 11 is 0. The van der Waals surface area contributed by atoms with Crippen molar-refractivity contribution in [2.24, 2.45) is 0 Å². The van der Waals surface area contributed by atoms with Crippen LogP contribution in [-0.4, -0.2) is 13.3 Å². The van der Waals surface area contributed by atoms with Gasteiger partial charge in [0, 0.05) is 12.1 Å². The first-order valence-corrected chi connectivity index (χ1v) is 7.76. The Morgan fingerprint density at radius 1 is 0.900 bits per heavy atom. The van der Waals surface area contributed by atoms with E-state index in [0.29, 0.717) is 11.1 Å². The topological polar surface area (TPSA) is 77.3 Å². The molecular formula is C14H13NO4S. The summed E-state index contributed by atoms with van der Waals surface area (Å²) in [6.45, 7) is 0. The molecule has 0 fully saturated rings. The van der Waals surface area contributed by atoms with E-state index in [2.05, 4.69) is 0 Å². The maximum absolute atomic E-state index is 12.1. The molecule has 0 radical (unpaired) electrons. The van der Waals surface area contributed by atoms with Crippen molar-refractivity contribution >= 4 is 15.5 Å². The molecule has 0 bridgehead atoms. The number of nitrogens with zero attached hydrogens (tertiary/aromatic N) is 1. The Hall–Kier alpha value is -2.21. The molecule has 104 valence electrons. The minimum Gasteiger partial charge on any atom is -0.258 e. The molecule has 0 aliphatic heterocycles. The Kier molecular flexibility index (Phi) is 4.14. The molecule has 2 rings (SSSR count). The summed E-state index contributed by atoms with van der Waals surface area (Å²) in [5.41, 5.74) is 1.03. The van der Waals surface area contributed by atoms with Crippen LogP contribution in [0.15, 0.2) is 54.6 Å². The molecule has 2 aromatic carbocycles. The molecule has 0 N–H and O–H groups in total. The maximum atomic E-state index is 12.1. The van der Waals surface area contributed by atoms with Crippen LogP contribution in [0, 0.1) is 10.1 Å². The van der Waals surface area contributed by atoms with E-state index in [4.69, 9.17) is 0 Å². The lowest BCUT2D eigenvalue weighted by atomic mass is 10.2. The van der Waals surface area contributed by atoms with Crippen molar-refractivity contribution in [2.75, 3.05) is 0 Å². The van der Waals surface area contributed by atoms with E-state index in [0.717, 1.165) is 0 Å². The van der Waals surface area contributed by atoms with E-state index in [9.17, 15) is 18.5 Å². The zero-order chi connectivity index (χ0) is 14.6. The number of benzene rings is 2. The van der Waals surface area contributed by atoms with Gasteiger partial charge in [0.25, 0.3) is 5.69 Å². The first-order valence-electron chi connectivity index (χ1n) is 5.94. The van der Waals surface area contributed by atoms with Gasteiger partial charge in [0.2, 0.25) is 0 Å². The fraction of sp³-hybridized carbons (Fsp3) is 0.143. The normalized spacial score (nSPS) is 11.2. The van der Waals surface area contributed by atoms with Crippen molar-refractivity contribution < 1.29 is 13.3 Å². The standard InChI is InChI=1S/C14H13NO4S/c16-15(17)14-8-4-7-13(9-14)11-20(18,19)10-12-5-2-1-3-6-12/h1-9H,10-11H2. The second-order valence-corrected chi connectivity index (χ2v) is 6.51. The molecular weight excluding hydrogens is 278 g/mol. The van der Waals surface area contributed by atoms with Gasteiger partial charge in [-0.15, -0.1) is 0 Å². The molecule has 20 heavy (non-hydrogen) atoms. The molecule has 0 aliphatic rings. The number of hydrogen-bond donors (Lipinski definition) is 0. The van der Waals surface area contributed by atoms with Gasteiger partial charge in [-0.2, -0.15) is 0 Å². The molecule has 0 aliphatic carbocycles. The molecule has 0 spiro atoms. The lowest BCUT2D eigenvalue weighted by Gasteiger charge is -2.05. The third kappa shape index (κ3) is 3.89. The number of sulfone groups is 1. The summed E-state index contributed by atoms with van der Waals surface area (Å²) in [4.78, 5) is 10.1. The largest absolute Gasteiger partial charge is 0.269 e. The van der Waals surface area contributed by atoms with Crippen LogP contribution < -0.4 is 0 Å². The van der Waals surface area contributed by atoms with Crippen LogP contribution in [0.25, 0.3) is 0 Å². The molecule has 0 unspecified atom stereocenters. The summed E-state index contributed by atoms with van der Waals surface area (Å²) in [6, 6.07) is 14.6. The predicted octanol–water partition coefficient (Wildman–Crippen LogP) is 2.71. The minimum absolute atomic E-state index is 0.0729. The summed E-state index contributed by atoms with van der Waals surface area (Å²) in [5, 5.41) is 10.7. The summed E-state index contributed by atoms with van der Waals surface area (Å²) in [6.07, 6.45) is 0. The van der Waals surface area contributed by atoms with Crippen molar-refractivity contribution in [3.63, 3.8) is 0 Å². The average molecular weight is 291 g/mol. The second kappa shape index (κ2) is 5.83. The molecule has 0 atom stereocenters. The monoisotopic (exact) mass is 291 g/mol. The number of non-ortho nitro benzene ring substituents is 1. The molecule has 0 saturated heterocycles. The fourth-order valence-electron chi connectivity index (χ4n) is 1.89. The van der Waals surface area contributed by atoms with E-state index < -0.39 is 14.8 Å². The van der Waals surface area contributed by atoms with Crippen molar-refractivity contribution in [1.29, 1.82) is 0 Å². The SMILES string of the molecule is O=[N+]([O-])c1cccc(CS(=O)(=O)Cc2ccccc2)c1. The molecule has 2 aromatic rings. The quantitative estimate of drug-likeness (QED) is 0.627. The molecule has 0 aromatic heterocycles. The number of nitro benzene ring substituents is 1. The van der Waals surface area contributed by atoms with Crippen molar-refractivity contribution in [1.82, 2.24) is 0 Å². The highest BCUT2D eigenvalue weighted by atomic mass is 32.2. The zero-order valence-corrected chi connectivity index (χ0v) is 11.4. The van der Waals surface area contributed by atoms with Crippen LogP contribution in [0.1, 0.15) is 11.1 Å². The van der Waals surface area contributed by atoms with Gasteiger partial charge in [-0.3, -0.25) is 10.1 Å². The van der Waals surface area contributed by atoms with Crippen molar-refractivity contribution in [2.45, 2.75) is 11.5 Å². The summed E-state index contributed by atoms with van der Waals surface area (Å²) in [7, 11) is -3.35. The van der Waals surface area contributed by atoms with Crippen LogP contribution >= 0.6 is 0 Å². The Bertz CT molecular complexity index is 711. The highest BCUT2D eigenvalue weighted by Gasteiger charge is 2.15. The van der Waals surface area contributed by atoms with Crippen molar-refractivity contribution in [3.05, 3.63) is 75.8 Å². The predicted molar refractivity (Wildman–Crippen MR) is 75.9 cm³/mol. The van der Waals surface area contributed by atoms with E-state index in [1.807, 2.05) is 6.07 Å². The Balaban J connectivity index is 2.16. The minimum atomic E-state index is -3.35. The van der Waals surface area contributed by atoms with Gasteiger partial charge in [-0.1, -0.05) is 42.5 Å². The molecule has 0 saturated carbocycles. The van der Waals surface area contributed by atoms with Gasteiger partial charge in [0.05, 0.1) is 16.4 Å². The molecule has 6 heteroatoms. The molecule has 5 nitrogen and oxygen atoms in total. The van der Waals surface area contributed by atoms with E-state index in [1.54, 1.807) is 30.3 Å². The maximum Gasteiger partial charge on any atom is 0.269 e. The fourth-order valence-corrected chi connectivity index (χ4v) is 3.38. The zero-order valence-electron chi connectivity index (χ0n) is 10.6.